The predicted molar refractivity (Wildman–Crippen MR) is 65.2 cm³/mol. The van der Waals surface area contributed by atoms with Crippen molar-refractivity contribution in [2.45, 2.75) is 19.9 Å². The Kier molecular flexibility index (Phi) is 2.44. The zero-order chi connectivity index (χ0) is 11.8. The van der Waals surface area contributed by atoms with Crippen LogP contribution < -0.4 is 10.2 Å². The number of nitrogens with zero attached hydrogens (tertiary/aromatic N) is 5. The molecule has 1 aliphatic heterocycles. The van der Waals surface area contributed by atoms with E-state index in [0.717, 1.165) is 31.1 Å². The van der Waals surface area contributed by atoms with E-state index >= 15 is 0 Å². The normalized spacial score (nSPS) is 21.1. The Bertz CT molecular complexity index is 534. The van der Waals surface area contributed by atoms with Crippen LogP contribution in [0.3, 0.4) is 0 Å². The molecule has 0 radical (unpaired) electrons. The SMILES string of the molecule is Cc1cc(N2CCN[C@@H](C)C2)n2ncnc2n1. The molecule has 0 aromatic carbocycles. The average molecular weight is 232 g/mol. The third kappa shape index (κ3) is 1.84. The summed E-state index contributed by atoms with van der Waals surface area (Å²) in [6.45, 7) is 7.16. The fraction of sp³-hybridized carbons (Fsp3) is 0.545. The van der Waals surface area contributed by atoms with E-state index < -0.39 is 0 Å². The molecule has 2 aromatic heterocycles. The molecule has 2 aromatic rings. The van der Waals surface area contributed by atoms with Gasteiger partial charge < -0.3 is 10.2 Å². The lowest BCUT2D eigenvalue weighted by molar-refractivity contribution is 0.480. The Balaban J connectivity index is 2.06. The van der Waals surface area contributed by atoms with Gasteiger partial charge >= 0.3 is 0 Å². The first-order valence-corrected chi connectivity index (χ1v) is 5.90. The minimum absolute atomic E-state index is 0.496. The molecule has 6 nitrogen and oxygen atoms in total. The van der Waals surface area contributed by atoms with Crippen LogP contribution in [-0.2, 0) is 0 Å². The molecule has 0 bridgehead atoms. The van der Waals surface area contributed by atoms with Gasteiger partial charge in [0.2, 0.25) is 0 Å². The van der Waals surface area contributed by atoms with Gasteiger partial charge in [0.15, 0.2) is 0 Å². The molecule has 0 amide bonds. The number of anilines is 1. The highest BCUT2D eigenvalue weighted by Crippen LogP contribution is 2.17. The molecular formula is C11H16N6. The maximum Gasteiger partial charge on any atom is 0.254 e. The first kappa shape index (κ1) is 10.5. The Morgan fingerprint density at radius 2 is 2.35 bits per heavy atom. The number of aromatic nitrogens is 4. The fourth-order valence-corrected chi connectivity index (χ4v) is 2.28. The summed E-state index contributed by atoms with van der Waals surface area (Å²) < 4.78 is 1.81. The van der Waals surface area contributed by atoms with Gasteiger partial charge in [-0.1, -0.05) is 0 Å². The van der Waals surface area contributed by atoms with Gasteiger partial charge in [-0.2, -0.15) is 14.6 Å². The first-order chi connectivity index (χ1) is 8.24. The molecule has 1 N–H and O–H groups in total. The second kappa shape index (κ2) is 3.96. The molecule has 1 saturated heterocycles. The molecule has 0 unspecified atom stereocenters. The molecule has 0 saturated carbocycles. The van der Waals surface area contributed by atoms with E-state index in [2.05, 4.69) is 38.3 Å². The summed E-state index contributed by atoms with van der Waals surface area (Å²) >= 11 is 0. The lowest BCUT2D eigenvalue weighted by Gasteiger charge is -2.33. The maximum atomic E-state index is 4.36. The van der Waals surface area contributed by atoms with Crippen molar-refractivity contribution in [3.8, 4) is 0 Å². The van der Waals surface area contributed by atoms with Crippen molar-refractivity contribution in [3.05, 3.63) is 18.1 Å². The van der Waals surface area contributed by atoms with Gasteiger partial charge in [-0.15, -0.1) is 0 Å². The maximum absolute atomic E-state index is 4.36. The largest absolute Gasteiger partial charge is 0.354 e. The molecule has 90 valence electrons. The summed E-state index contributed by atoms with van der Waals surface area (Å²) in [5.74, 6) is 1.75. The highest BCUT2D eigenvalue weighted by atomic mass is 15.4. The van der Waals surface area contributed by atoms with Crippen molar-refractivity contribution >= 4 is 11.6 Å². The zero-order valence-electron chi connectivity index (χ0n) is 10.1. The predicted octanol–water partition coefficient (Wildman–Crippen LogP) is 0.231. The van der Waals surface area contributed by atoms with Gasteiger partial charge in [0, 0.05) is 37.4 Å². The number of hydrogen-bond acceptors (Lipinski definition) is 5. The van der Waals surface area contributed by atoms with E-state index in [1.165, 1.54) is 0 Å². The van der Waals surface area contributed by atoms with Crippen molar-refractivity contribution in [2.75, 3.05) is 24.5 Å². The van der Waals surface area contributed by atoms with Crippen LogP contribution in [0.1, 0.15) is 12.6 Å². The van der Waals surface area contributed by atoms with Gasteiger partial charge in [0.25, 0.3) is 5.78 Å². The average Bonchev–Trinajstić information content (AvgIpc) is 2.75. The van der Waals surface area contributed by atoms with Crippen LogP contribution in [0.4, 0.5) is 5.82 Å². The summed E-state index contributed by atoms with van der Waals surface area (Å²) in [6, 6.07) is 2.57. The molecule has 0 spiro atoms. The number of rotatable bonds is 1. The van der Waals surface area contributed by atoms with Gasteiger partial charge in [-0.3, -0.25) is 0 Å². The highest BCUT2D eigenvalue weighted by Gasteiger charge is 2.19. The number of piperazine rings is 1. The Morgan fingerprint density at radius 3 is 3.18 bits per heavy atom. The van der Waals surface area contributed by atoms with E-state index in [0.29, 0.717) is 11.8 Å². The van der Waals surface area contributed by atoms with E-state index in [4.69, 9.17) is 0 Å². The van der Waals surface area contributed by atoms with E-state index in [-0.39, 0.29) is 0 Å². The van der Waals surface area contributed by atoms with Crippen molar-refractivity contribution in [3.63, 3.8) is 0 Å². The molecule has 3 rings (SSSR count). The van der Waals surface area contributed by atoms with Crippen molar-refractivity contribution in [1.29, 1.82) is 0 Å². The molecule has 3 heterocycles. The first-order valence-electron chi connectivity index (χ1n) is 5.90. The zero-order valence-corrected chi connectivity index (χ0v) is 10.1. The second-order valence-electron chi connectivity index (χ2n) is 4.53. The van der Waals surface area contributed by atoms with Crippen LogP contribution >= 0.6 is 0 Å². The summed E-state index contributed by atoms with van der Waals surface area (Å²) in [7, 11) is 0. The van der Waals surface area contributed by atoms with Gasteiger partial charge in [0.1, 0.15) is 12.1 Å². The minimum Gasteiger partial charge on any atom is -0.354 e. The van der Waals surface area contributed by atoms with Crippen LogP contribution in [0.2, 0.25) is 0 Å². The summed E-state index contributed by atoms with van der Waals surface area (Å²) in [5, 5.41) is 7.68. The molecule has 0 aliphatic carbocycles. The Morgan fingerprint density at radius 1 is 1.47 bits per heavy atom. The van der Waals surface area contributed by atoms with Crippen LogP contribution in [-0.4, -0.2) is 45.3 Å². The standard InChI is InChI=1S/C11H16N6/c1-8-5-10(16-4-3-12-9(2)6-16)17-11(15-8)13-7-14-17/h5,7,9,12H,3-4,6H2,1-2H3/t9-/m0/s1. The number of fused-ring (bicyclic) bond motifs is 1. The summed E-state index contributed by atoms with van der Waals surface area (Å²) in [6.07, 6.45) is 1.55. The van der Waals surface area contributed by atoms with Crippen molar-refractivity contribution < 1.29 is 0 Å². The third-order valence-corrected chi connectivity index (χ3v) is 3.05. The Labute approximate surface area is 99.7 Å². The lowest BCUT2D eigenvalue weighted by atomic mass is 10.2. The van der Waals surface area contributed by atoms with Crippen LogP contribution in [0.25, 0.3) is 5.78 Å². The topological polar surface area (TPSA) is 58.4 Å². The van der Waals surface area contributed by atoms with E-state index in [1.54, 1.807) is 6.33 Å². The minimum atomic E-state index is 0.496. The number of hydrogen-bond donors (Lipinski definition) is 1. The molecule has 17 heavy (non-hydrogen) atoms. The smallest absolute Gasteiger partial charge is 0.254 e. The molecular weight excluding hydrogens is 216 g/mol. The van der Waals surface area contributed by atoms with E-state index in [1.807, 2.05) is 11.4 Å². The fourth-order valence-electron chi connectivity index (χ4n) is 2.28. The number of aryl methyl sites for hydroxylation is 1. The highest BCUT2D eigenvalue weighted by molar-refractivity contribution is 5.47. The number of nitrogens with one attached hydrogen (secondary N) is 1. The summed E-state index contributed by atoms with van der Waals surface area (Å²) in [4.78, 5) is 10.8. The van der Waals surface area contributed by atoms with Crippen LogP contribution in [0.15, 0.2) is 12.4 Å². The van der Waals surface area contributed by atoms with Gasteiger partial charge in [-0.25, -0.2) is 4.98 Å². The van der Waals surface area contributed by atoms with Gasteiger partial charge in [-0.05, 0) is 13.8 Å². The second-order valence-corrected chi connectivity index (χ2v) is 4.53. The lowest BCUT2D eigenvalue weighted by Crippen LogP contribution is -2.49. The molecule has 1 aliphatic rings. The van der Waals surface area contributed by atoms with Crippen LogP contribution in [0, 0.1) is 6.92 Å². The summed E-state index contributed by atoms with van der Waals surface area (Å²) in [5.41, 5.74) is 0.978. The van der Waals surface area contributed by atoms with E-state index in [9.17, 15) is 0 Å². The van der Waals surface area contributed by atoms with Crippen LogP contribution in [0.5, 0.6) is 0 Å². The Hall–Kier alpha value is -1.69. The quantitative estimate of drug-likeness (QED) is 0.763. The van der Waals surface area contributed by atoms with Crippen molar-refractivity contribution in [1.82, 2.24) is 24.9 Å². The molecule has 6 heteroatoms. The van der Waals surface area contributed by atoms with Crippen molar-refractivity contribution in [2.24, 2.45) is 0 Å². The molecule has 1 atom stereocenters. The third-order valence-electron chi connectivity index (χ3n) is 3.05. The molecule has 1 fully saturated rings. The monoisotopic (exact) mass is 232 g/mol. The van der Waals surface area contributed by atoms with Gasteiger partial charge in [0.05, 0.1) is 0 Å².